The van der Waals surface area contributed by atoms with Gasteiger partial charge in [0.05, 0.1) is 20.8 Å². The van der Waals surface area contributed by atoms with E-state index in [-0.39, 0.29) is 46.7 Å². The van der Waals surface area contributed by atoms with Crippen molar-refractivity contribution in [1.82, 2.24) is 0 Å². The lowest BCUT2D eigenvalue weighted by Gasteiger charge is -2.35. The molecular weight excluding hydrogens is 1080 g/mol. The van der Waals surface area contributed by atoms with Gasteiger partial charge in [-0.15, -0.1) is 0 Å². The molecule has 6 N–H and O–H groups in total. The van der Waals surface area contributed by atoms with E-state index in [1.54, 1.807) is 30.3 Å². The monoisotopic (exact) mass is 1180 g/mol. The summed E-state index contributed by atoms with van der Waals surface area (Å²) in [7, 11) is 2.85. The van der Waals surface area contributed by atoms with Crippen molar-refractivity contribution in [2.45, 2.75) is 171 Å². The van der Waals surface area contributed by atoms with Crippen molar-refractivity contribution in [3.63, 3.8) is 0 Å². The second-order valence-corrected chi connectivity index (χ2v) is 23.7. The Balaban J connectivity index is 0.000000313. The number of carbonyl (C=O) groups is 2. The molecule has 4 aromatic rings. The zero-order valence-electron chi connectivity index (χ0n) is 53.1. The van der Waals surface area contributed by atoms with Crippen molar-refractivity contribution in [2.75, 3.05) is 20.8 Å². The van der Waals surface area contributed by atoms with Gasteiger partial charge in [0.2, 0.25) is 5.78 Å². The van der Waals surface area contributed by atoms with E-state index in [9.17, 15) is 35.1 Å². The van der Waals surface area contributed by atoms with Gasteiger partial charge >= 0.3 is 0 Å². The number of methoxy groups -OCH3 is 2. The molecular formula is C73H98O13. The maximum Gasteiger partial charge on any atom is 0.202 e. The summed E-state index contributed by atoms with van der Waals surface area (Å²) in [5.41, 5.74) is 6.77. The first-order valence-corrected chi connectivity index (χ1v) is 30.4. The Bertz CT molecular complexity index is 2920. The van der Waals surface area contributed by atoms with Gasteiger partial charge in [-0.25, -0.2) is 0 Å². The van der Waals surface area contributed by atoms with Crippen LogP contribution < -0.4 is 23.7 Å². The van der Waals surface area contributed by atoms with Crippen LogP contribution in [0.1, 0.15) is 190 Å². The highest BCUT2D eigenvalue weighted by Gasteiger charge is 2.40. The number of benzene rings is 4. The Morgan fingerprint density at radius 3 is 1.59 bits per heavy atom. The number of aliphatic hydroxyl groups excluding tert-OH is 2. The summed E-state index contributed by atoms with van der Waals surface area (Å²) in [5, 5.41) is 59.3. The van der Waals surface area contributed by atoms with Gasteiger partial charge in [-0.2, -0.15) is 0 Å². The topological polar surface area (TPSA) is 202 Å². The van der Waals surface area contributed by atoms with Gasteiger partial charge in [-0.1, -0.05) is 161 Å². The highest BCUT2D eigenvalue weighted by Crippen LogP contribution is 2.46. The van der Waals surface area contributed by atoms with Crippen LogP contribution in [-0.4, -0.2) is 75.7 Å². The number of ketones is 1. The molecule has 0 bridgehead atoms. The van der Waals surface area contributed by atoms with Crippen molar-refractivity contribution >= 4 is 12.1 Å². The normalized spacial score (nSPS) is 17.9. The molecule has 4 unspecified atom stereocenters. The largest absolute Gasteiger partial charge is 0.508 e. The molecule has 0 aromatic heterocycles. The first-order chi connectivity index (χ1) is 41.1. The van der Waals surface area contributed by atoms with Crippen molar-refractivity contribution < 1.29 is 63.9 Å². The van der Waals surface area contributed by atoms with E-state index in [1.165, 1.54) is 144 Å². The highest BCUT2D eigenvalue weighted by molar-refractivity contribution is 6.05. The van der Waals surface area contributed by atoms with Crippen LogP contribution in [0.5, 0.6) is 51.7 Å². The lowest BCUT2D eigenvalue weighted by atomic mass is 9.92. The molecule has 13 heteroatoms. The molecule has 468 valence electrons. The molecule has 4 aromatic carbocycles. The molecule has 2 heterocycles. The number of fused-ring (bicyclic) bond motifs is 2. The summed E-state index contributed by atoms with van der Waals surface area (Å²) in [6, 6.07) is 15.9. The number of aromatic hydroxyl groups is 4. The lowest BCUT2D eigenvalue weighted by Crippen LogP contribution is -2.37. The number of rotatable bonds is 28. The van der Waals surface area contributed by atoms with Crippen LogP contribution in [0.4, 0.5) is 0 Å². The number of Topliss-reactive ketones (excluding diaryl/α,β-unsaturated/α-hetero) is 1. The minimum absolute atomic E-state index is 0.0399. The predicted molar refractivity (Wildman–Crippen MR) is 345 cm³/mol. The van der Waals surface area contributed by atoms with E-state index in [0.29, 0.717) is 34.5 Å². The molecule has 0 fully saturated rings. The van der Waals surface area contributed by atoms with Gasteiger partial charge in [-0.3, -0.25) is 9.59 Å². The van der Waals surface area contributed by atoms with Crippen LogP contribution in [0, 0.1) is 23.7 Å². The zero-order chi connectivity index (χ0) is 63.3. The fourth-order valence-electron chi connectivity index (χ4n) is 10.0. The third kappa shape index (κ3) is 24.1. The number of aliphatic hydroxyl groups is 2. The Labute approximate surface area is 512 Å². The van der Waals surface area contributed by atoms with Gasteiger partial charge in [0.1, 0.15) is 29.1 Å². The molecule has 2 aliphatic heterocycles. The van der Waals surface area contributed by atoms with E-state index in [2.05, 4.69) is 130 Å². The maximum atomic E-state index is 12.7. The molecule has 0 saturated carbocycles. The van der Waals surface area contributed by atoms with Crippen LogP contribution in [0.25, 0.3) is 0 Å². The Hall–Kier alpha value is -7.48. The summed E-state index contributed by atoms with van der Waals surface area (Å²) < 4.78 is 27.8. The molecule has 0 saturated heterocycles. The predicted octanol–water partition coefficient (Wildman–Crippen LogP) is 17.3. The minimum atomic E-state index is -1.62. The average Bonchev–Trinajstić information content (AvgIpc) is 0.988. The van der Waals surface area contributed by atoms with Crippen molar-refractivity contribution in [2.24, 2.45) is 23.7 Å². The summed E-state index contributed by atoms with van der Waals surface area (Å²) in [5.74, 6) is 2.76. The number of allylic oxidation sites excluding steroid dienone is 14. The summed E-state index contributed by atoms with van der Waals surface area (Å²) in [4.78, 5) is 23.0. The minimum Gasteiger partial charge on any atom is -0.508 e. The van der Waals surface area contributed by atoms with E-state index in [1.807, 2.05) is 0 Å². The Morgan fingerprint density at radius 1 is 0.570 bits per heavy atom. The van der Waals surface area contributed by atoms with E-state index >= 15 is 0 Å². The average molecular weight is 1180 g/mol. The molecule has 8 atom stereocenters. The molecule has 86 heavy (non-hydrogen) atoms. The Kier molecular flexibility index (Phi) is 30.7. The quantitative estimate of drug-likeness (QED) is 0.0178. The first-order valence-electron chi connectivity index (χ1n) is 30.4. The van der Waals surface area contributed by atoms with E-state index < -0.39 is 35.9 Å². The third-order valence-electron chi connectivity index (χ3n) is 15.2. The van der Waals surface area contributed by atoms with Crippen LogP contribution in [0.3, 0.4) is 0 Å². The third-order valence-corrected chi connectivity index (χ3v) is 15.2. The first kappa shape index (κ1) is 71.0. The number of hydrogen-bond donors (Lipinski definition) is 6. The lowest BCUT2D eigenvalue weighted by molar-refractivity contribution is -0.0130. The van der Waals surface area contributed by atoms with Crippen LogP contribution in [0.2, 0.25) is 0 Å². The van der Waals surface area contributed by atoms with Gasteiger partial charge in [0.25, 0.3) is 0 Å². The van der Waals surface area contributed by atoms with E-state index in [0.717, 1.165) is 29.7 Å². The molecule has 6 rings (SSSR count). The number of ether oxygens (including phenoxy) is 5. The van der Waals surface area contributed by atoms with Gasteiger partial charge in [0.15, 0.2) is 58.9 Å². The Morgan fingerprint density at radius 2 is 1.07 bits per heavy atom. The number of aldehydes is 1. The molecule has 13 nitrogen and oxygen atoms in total. The second kappa shape index (κ2) is 37.2. The number of carbonyl (C=O) groups excluding carboxylic acids is 2. The van der Waals surface area contributed by atoms with Crippen molar-refractivity contribution in [1.29, 1.82) is 0 Å². The van der Waals surface area contributed by atoms with Gasteiger partial charge in [-0.05, 0) is 152 Å². The summed E-state index contributed by atoms with van der Waals surface area (Å²) in [6.07, 6.45) is 34.9. The van der Waals surface area contributed by atoms with Crippen LogP contribution in [0.15, 0.2) is 150 Å². The second-order valence-electron chi connectivity index (χ2n) is 23.7. The van der Waals surface area contributed by atoms with Gasteiger partial charge < -0.3 is 54.3 Å². The molecule has 0 aliphatic carbocycles. The number of phenolic OH excluding ortho intramolecular Hbond substituents is 4. The number of hydrogen-bond acceptors (Lipinski definition) is 13. The highest BCUT2D eigenvalue weighted by atomic mass is 16.6. The molecule has 0 radical (unpaired) electrons. The maximum absolute atomic E-state index is 12.7. The van der Waals surface area contributed by atoms with Crippen molar-refractivity contribution in [3.05, 3.63) is 172 Å². The van der Waals surface area contributed by atoms with Gasteiger partial charge in [0, 0.05) is 23.3 Å². The smallest absolute Gasteiger partial charge is 0.202 e. The zero-order valence-corrected chi connectivity index (χ0v) is 53.1. The fraction of sp³-hybridized carbons (Fsp3) is 0.452. The summed E-state index contributed by atoms with van der Waals surface area (Å²) >= 11 is 0. The van der Waals surface area contributed by atoms with Crippen LogP contribution >= 0.6 is 0 Å². The standard InChI is InChI=1S/C40H68.C25H22O10.C8H8O3/c1-33(2)19-13-23-37(7)27-17-31-39(9)29-15-25-35(5)21-11-12-22-36(6)26-16-30-40(10)32-18-28-38(8)24-14-20-34(3)4;1-32-17-6-11(2-4-14(17)28)24-20(10-26)33-16-5-3-12(7-18(16)34-24)25-23(31)22(30)21-15(29)8-13(27)9-19(21)35-25;1-11-8-4-6(5-9)2-3-7(8)10/h11-12,15-16,19-22,25-26,37-40H,13-14,17-18,23-24,27-32H2,1-10H3;2-9,20,23-29,31H,10H2,1H3;2-5,10H,1H3/b12-11+,25-15+,26-16+,35-21+,36-22+;;/t;20-,23+,24-,25-;/m.1./s1. The van der Waals surface area contributed by atoms with E-state index in [4.69, 9.17) is 28.8 Å². The SMILES string of the molecule is CC(C)=CCCC(C)CCCC(C)C/C=C/C(C)=C/C=C/C=C(C)/C=C/CC(C)CCCC(C)CCC=C(C)C.COc1cc(C=O)ccc1O.COc1cc([C@H]2Oc3cc([C@H]4Oc5cc(O)cc(O)c5C(=O)[C@@H]4O)ccc3O[C@@H]2CO)ccc1O. The van der Waals surface area contributed by atoms with Crippen molar-refractivity contribution in [3.8, 4) is 51.7 Å². The van der Waals surface area contributed by atoms with Crippen LogP contribution in [-0.2, 0) is 0 Å². The molecule has 0 amide bonds. The number of phenols is 4. The molecule has 2 aliphatic rings. The fourth-order valence-corrected chi connectivity index (χ4v) is 10.0. The summed E-state index contributed by atoms with van der Waals surface area (Å²) in [6.45, 7) is 22.5. The molecule has 0 spiro atoms.